The fourth-order valence-corrected chi connectivity index (χ4v) is 3.79. The van der Waals surface area contributed by atoms with E-state index in [2.05, 4.69) is 53.2 Å². The molecule has 1 aromatic heterocycles. The highest BCUT2D eigenvalue weighted by Crippen LogP contribution is 2.24. The lowest BCUT2D eigenvalue weighted by Crippen LogP contribution is -2.28. The number of nitrogens with zero attached hydrogens (tertiary/aromatic N) is 2. The van der Waals surface area contributed by atoms with Crippen molar-refractivity contribution in [1.82, 2.24) is 9.88 Å². The second-order valence-electron chi connectivity index (χ2n) is 5.76. The summed E-state index contributed by atoms with van der Waals surface area (Å²) in [5.41, 5.74) is 9.82. The minimum Gasteiger partial charge on any atom is -0.375 e. The molecule has 3 rings (SSSR count). The standard InChI is InChI=1S/C18H23N3S/c1-2-14(12-15-6-4-3-5-7-15)13-21-10-8-16-17(9-11-21)22-18(19)20-16/h3-7,12H,2,8-11,13H2,1H3,(H2,19,20). The van der Waals surface area contributed by atoms with Gasteiger partial charge in [-0.05, 0) is 18.4 Å². The normalized spacial score (nSPS) is 16.3. The Morgan fingerprint density at radius 3 is 2.82 bits per heavy atom. The second kappa shape index (κ2) is 7.07. The van der Waals surface area contributed by atoms with Crippen LogP contribution in [0, 0.1) is 0 Å². The van der Waals surface area contributed by atoms with Crippen LogP contribution in [0.15, 0.2) is 35.9 Å². The molecule has 22 heavy (non-hydrogen) atoms. The molecule has 0 spiro atoms. The van der Waals surface area contributed by atoms with E-state index in [0.717, 1.165) is 44.0 Å². The van der Waals surface area contributed by atoms with Crippen molar-refractivity contribution in [3.05, 3.63) is 52.0 Å². The van der Waals surface area contributed by atoms with Gasteiger partial charge >= 0.3 is 0 Å². The van der Waals surface area contributed by atoms with Gasteiger partial charge in [-0.25, -0.2) is 4.98 Å². The SMILES string of the molecule is CCC(=Cc1ccccc1)CN1CCc2nc(N)sc2CC1. The molecule has 4 heteroatoms. The van der Waals surface area contributed by atoms with Gasteiger partial charge in [0.25, 0.3) is 0 Å². The number of anilines is 1. The van der Waals surface area contributed by atoms with E-state index in [1.165, 1.54) is 21.7 Å². The van der Waals surface area contributed by atoms with Gasteiger partial charge < -0.3 is 5.73 Å². The van der Waals surface area contributed by atoms with Crippen LogP contribution in [-0.2, 0) is 12.8 Å². The molecule has 0 aliphatic carbocycles. The van der Waals surface area contributed by atoms with E-state index in [1.54, 1.807) is 11.3 Å². The van der Waals surface area contributed by atoms with Gasteiger partial charge in [0.05, 0.1) is 5.69 Å². The summed E-state index contributed by atoms with van der Waals surface area (Å²) < 4.78 is 0. The Balaban J connectivity index is 1.65. The Labute approximate surface area is 136 Å². The molecule has 2 aromatic rings. The number of thiazole rings is 1. The molecule has 1 aliphatic rings. The molecule has 2 heterocycles. The molecule has 116 valence electrons. The fourth-order valence-electron chi connectivity index (χ4n) is 2.92. The second-order valence-corrected chi connectivity index (χ2v) is 6.88. The fraction of sp³-hybridized carbons (Fsp3) is 0.389. The first-order valence-electron chi connectivity index (χ1n) is 7.95. The first-order chi connectivity index (χ1) is 10.7. The van der Waals surface area contributed by atoms with Crippen LogP contribution in [0.25, 0.3) is 6.08 Å². The first kappa shape index (κ1) is 15.3. The third kappa shape index (κ3) is 3.76. The lowest BCUT2D eigenvalue weighted by molar-refractivity contribution is 0.310. The Hall–Kier alpha value is -1.65. The molecule has 0 amide bonds. The highest BCUT2D eigenvalue weighted by molar-refractivity contribution is 7.15. The third-order valence-electron chi connectivity index (χ3n) is 4.17. The lowest BCUT2D eigenvalue weighted by Gasteiger charge is -2.21. The molecule has 0 saturated heterocycles. The molecule has 0 radical (unpaired) electrons. The van der Waals surface area contributed by atoms with Gasteiger partial charge in [0, 0.05) is 30.9 Å². The van der Waals surface area contributed by atoms with Crippen molar-refractivity contribution in [2.45, 2.75) is 26.2 Å². The van der Waals surface area contributed by atoms with Crippen molar-refractivity contribution in [2.75, 3.05) is 25.4 Å². The van der Waals surface area contributed by atoms with Crippen LogP contribution in [-0.4, -0.2) is 29.5 Å². The minimum absolute atomic E-state index is 0.719. The van der Waals surface area contributed by atoms with Crippen LogP contribution in [0.5, 0.6) is 0 Å². The van der Waals surface area contributed by atoms with E-state index in [9.17, 15) is 0 Å². The summed E-state index contributed by atoms with van der Waals surface area (Å²) in [5.74, 6) is 0. The Morgan fingerprint density at radius 2 is 2.05 bits per heavy atom. The highest BCUT2D eigenvalue weighted by atomic mass is 32.1. The van der Waals surface area contributed by atoms with E-state index in [-0.39, 0.29) is 0 Å². The van der Waals surface area contributed by atoms with E-state index in [1.807, 2.05) is 0 Å². The number of hydrogen-bond acceptors (Lipinski definition) is 4. The van der Waals surface area contributed by atoms with Crippen LogP contribution in [0.4, 0.5) is 5.13 Å². The summed E-state index contributed by atoms with van der Waals surface area (Å²) in [6.45, 7) is 5.46. The predicted molar refractivity (Wildman–Crippen MR) is 95.1 cm³/mol. The van der Waals surface area contributed by atoms with Crippen molar-refractivity contribution >= 4 is 22.5 Å². The minimum atomic E-state index is 0.719. The van der Waals surface area contributed by atoms with Gasteiger partial charge in [-0.15, -0.1) is 11.3 Å². The van der Waals surface area contributed by atoms with Crippen LogP contribution < -0.4 is 5.73 Å². The van der Waals surface area contributed by atoms with E-state index < -0.39 is 0 Å². The van der Waals surface area contributed by atoms with Crippen molar-refractivity contribution in [1.29, 1.82) is 0 Å². The van der Waals surface area contributed by atoms with Crippen LogP contribution in [0.3, 0.4) is 0 Å². The first-order valence-corrected chi connectivity index (χ1v) is 8.77. The number of hydrogen-bond donors (Lipinski definition) is 1. The van der Waals surface area contributed by atoms with Gasteiger partial charge in [0.1, 0.15) is 0 Å². The van der Waals surface area contributed by atoms with Crippen molar-refractivity contribution in [2.24, 2.45) is 0 Å². The molecule has 1 aromatic carbocycles. The average Bonchev–Trinajstić information content (AvgIpc) is 2.80. The van der Waals surface area contributed by atoms with Crippen LogP contribution >= 0.6 is 11.3 Å². The Bertz CT molecular complexity index is 620. The zero-order valence-electron chi connectivity index (χ0n) is 13.1. The summed E-state index contributed by atoms with van der Waals surface area (Å²) in [6, 6.07) is 10.6. The average molecular weight is 313 g/mol. The highest BCUT2D eigenvalue weighted by Gasteiger charge is 2.17. The zero-order chi connectivity index (χ0) is 15.4. The molecule has 2 N–H and O–H groups in total. The summed E-state index contributed by atoms with van der Waals surface area (Å²) in [4.78, 5) is 8.39. The molecule has 3 nitrogen and oxygen atoms in total. The molecule has 0 atom stereocenters. The summed E-state index contributed by atoms with van der Waals surface area (Å²) in [6.07, 6.45) is 5.52. The number of aromatic nitrogens is 1. The smallest absolute Gasteiger partial charge is 0.180 e. The molecular weight excluding hydrogens is 290 g/mol. The largest absolute Gasteiger partial charge is 0.375 e. The molecule has 0 saturated carbocycles. The molecule has 0 unspecified atom stereocenters. The topological polar surface area (TPSA) is 42.2 Å². The number of nitrogen functional groups attached to an aromatic ring is 1. The number of nitrogens with two attached hydrogens (primary N) is 1. The van der Waals surface area contributed by atoms with Gasteiger partial charge in [-0.3, -0.25) is 4.90 Å². The third-order valence-corrected chi connectivity index (χ3v) is 5.15. The predicted octanol–water partition coefficient (Wildman–Crippen LogP) is 3.62. The van der Waals surface area contributed by atoms with E-state index in [0.29, 0.717) is 0 Å². The number of rotatable bonds is 4. The maximum Gasteiger partial charge on any atom is 0.180 e. The summed E-state index contributed by atoms with van der Waals surface area (Å²) in [5, 5.41) is 0.719. The van der Waals surface area contributed by atoms with E-state index in [4.69, 9.17) is 5.73 Å². The van der Waals surface area contributed by atoms with Gasteiger partial charge in [-0.1, -0.05) is 48.9 Å². The molecule has 0 bridgehead atoms. The van der Waals surface area contributed by atoms with Gasteiger partial charge in [-0.2, -0.15) is 0 Å². The number of fused-ring (bicyclic) bond motifs is 1. The van der Waals surface area contributed by atoms with E-state index >= 15 is 0 Å². The van der Waals surface area contributed by atoms with Gasteiger partial charge in [0.2, 0.25) is 0 Å². The van der Waals surface area contributed by atoms with Crippen LogP contribution in [0.1, 0.15) is 29.5 Å². The number of benzene rings is 1. The zero-order valence-corrected chi connectivity index (χ0v) is 13.9. The van der Waals surface area contributed by atoms with Crippen molar-refractivity contribution in [3.8, 4) is 0 Å². The van der Waals surface area contributed by atoms with Crippen molar-refractivity contribution < 1.29 is 0 Å². The Kier molecular flexibility index (Phi) is 4.90. The monoisotopic (exact) mass is 313 g/mol. The lowest BCUT2D eigenvalue weighted by atomic mass is 10.1. The molecular formula is C18H23N3S. The Morgan fingerprint density at radius 1 is 1.27 bits per heavy atom. The molecule has 1 aliphatic heterocycles. The maximum absolute atomic E-state index is 5.82. The van der Waals surface area contributed by atoms with Crippen LogP contribution in [0.2, 0.25) is 0 Å². The van der Waals surface area contributed by atoms with Crippen molar-refractivity contribution in [3.63, 3.8) is 0 Å². The maximum atomic E-state index is 5.82. The summed E-state index contributed by atoms with van der Waals surface area (Å²) >= 11 is 1.66. The summed E-state index contributed by atoms with van der Waals surface area (Å²) in [7, 11) is 0. The quantitative estimate of drug-likeness (QED) is 0.937. The van der Waals surface area contributed by atoms with Gasteiger partial charge in [0.15, 0.2) is 5.13 Å². The molecule has 0 fully saturated rings.